The molecule has 0 aliphatic rings. The molecule has 0 bridgehead atoms. The number of carbonyl (C=O) groups is 1. The van der Waals surface area contributed by atoms with E-state index in [4.69, 9.17) is 4.74 Å². The lowest BCUT2D eigenvalue weighted by Gasteiger charge is -2.04. The number of hydrogen-bond acceptors (Lipinski definition) is 3. The van der Waals surface area contributed by atoms with Crippen molar-refractivity contribution in [3.63, 3.8) is 0 Å². The highest BCUT2D eigenvalue weighted by Crippen LogP contribution is 2.10. The van der Waals surface area contributed by atoms with Gasteiger partial charge >= 0.3 is 0 Å². The van der Waals surface area contributed by atoms with Crippen molar-refractivity contribution in [2.24, 2.45) is 0 Å². The van der Waals surface area contributed by atoms with Crippen molar-refractivity contribution in [1.82, 2.24) is 10.9 Å². The van der Waals surface area contributed by atoms with E-state index in [0.29, 0.717) is 6.61 Å². The quantitative estimate of drug-likeness (QED) is 0.793. The van der Waals surface area contributed by atoms with Gasteiger partial charge in [-0.1, -0.05) is 28.1 Å². The van der Waals surface area contributed by atoms with Crippen molar-refractivity contribution in [2.75, 3.05) is 13.7 Å². The molecule has 0 aliphatic heterocycles. The van der Waals surface area contributed by atoms with Crippen molar-refractivity contribution in [3.05, 3.63) is 34.3 Å². The monoisotopic (exact) mass is 272 g/mol. The summed E-state index contributed by atoms with van der Waals surface area (Å²) in [7, 11) is 1.63. The smallest absolute Gasteiger partial charge is 0.260 e. The molecular formula is C10H13BrN2O2. The van der Waals surface area contributed by atoms with Gasteiger partial charge in [-0.2, -0.15) is 0 Å². The third-order valence-electron chi connectivity index (χ3n) is 1.68. The predicted octanol–water partition coefficient (Wildman–Crippen LogP) is 1.22. The van der Waals surface area contributed by atoms with E-state index in [1.165, 1.54) is 0 Å². The van der Waals surface area contributed by atoms with Crippen LogP contribution in [0.1, 0.15) is 5.56 Å². The fourth-order valence-electron chi connectivity index (χ4n) is 1.02. The molecular weight excluding hydrogens is 260 g/mol. The van der Waals surface area contributed by atoms with Gasteiger partial charge in [0.05, 0.1) is 6.61 Å². The van der Waals surface area contributed by atoms with Gasteiger partial charge in [0, 0.05) is 11.5 Å². The van der Waals surface area contributed by atoms with E-state index in [0.717, 1.165) is 10.0 Å². The molecule has 1 amide bonds. The normalized spacial score (nSPS) is 10.0. The van der Waals surface area contributed by atoms with Crippen LogP contribution in [0.25, 0.3) is 0 Å². The van der Waals surface area contributed by atoms with Crippen LogP contribution in [0, 0.1) is 0 Å². The second-order valence-electron chi connectivity index (χ2n) is 2.92. The van der Waals surface area contributed by atoms with Gasteiger partial charge in [0.1, 0.15) is 6.61 Å². The molecule has 15 heavy (non-hydrogen) atoms. The third-order valence-corrected chi connectivity index (χ3v) is 2.21. The lowest BCUT2D eigenvalue weighted by molar-refractivity contribution is -0.126. The van der Waals surface area contributed by atoms with Crippen LogP contribution >= 0.6 is 15.9 Å². The van der Waals surface area contributed by atoms with E-state index < -0.39 is 0 Å². The number of ether oxygens (including phenoxy) is 1. The minimum absolute atomic E-state index is 0.0525. The second kappa shape index (κ2) is 6.55. The van der Waals surface area contributed by atoms with Gasteiger partial charge in [0.2, 0.25) is 0 Å². The topological polar surface area (TPSA) is 50.4 Å². The number of hydrazine groups is 1. The summed E-state index contributed by atoms with van der Waals surface area (Å²) < 4.78 is 6.23. The fourth-order valence-corrected chi connectivity index (χ4v) is 1.28. The van der Waals surface area contributed by atoms with Crippen molar-refractivity contribution >= 4 is 21.8 Å². The molecule has 0 aromatic heterocycles. The second-order valence-corrected chi connectivity index (χ2v) is 3.83. The molecule has 0 heterocycles. The number of hydrogen-bond donors (Lipinski definition) is 2. The minimum Gasteiger partial charge on any atom is -0.367 e. The maximum atomic E-state index is 11.0. The molecule has 1 rings (SSSR count). The van der Waals surface area contributed by atoms with Gasteiger partial charge in [0.25, 0.3) is 5.91 Å². The van der Waals surface area contributed by atoms with E-state index in [9.17, 15) is 4.79 Å². The molecule has 0 radical (unpaired) electrons. The Bertz CT molecular complexity index is 314. The number of nitrogens with one attached hydrogen (secondary N) is 2. The summed E-state index contributed by atoms with van der Waals surface area (Å²) in [5.41, 5.74) is 5.99. The average Bonchev–Trinajstić information content (AvgIpc) is 2.21. The van der Waals surface area contributed by atoms with Crippen molar-refractivity contribution in [2.45, 2.75) is 6.61 Å². The highest BCUT2D eigenvalue weighted by Gasteiger charge is 1.99. The Morgan fingerprint density at radius 3 is 2.67 bits per heavy atom. The summed E-state index contributed by atoms with van der Waals surface area (Å²) in [6.45, 7) is 0.487. The summed E-state index contributed by atoms with van der Waals surface area (Å²) in [5.74, 6) is -0.186. The van der Waals surface area contributed by atoms with Crippen LogP contribution in [-0.2, 0) is 16.1 Å². The van der Waals surface area contributed by atoms with E-state index in [1.54, 1.807) is 7.05 Å². The fraction of sp³-hybridized carbons (Fsp3) is 0.300. The molecule has 0 saturated carbocycles. The van der Waals surface area contributed by atoms with Gasteiger partial charge in [0.15, 0.2) is 0 Å². The maximum Gasteiger partial charge on any atom is 0.260 e. The number of benzene rings is 1. The summed E-state index contributed by atoms with van der Waals surface area (Å²) in [4.78, 5) is 11.0. The Kier molecular flexibility index (Phi) is 5.31. The predicted molar refractivity (Wildman–Crippen MR) is 61.0 cm³/mol. The first kappa shape index (κ1) is 12.2. The zero-order valence-electron chi connectivity index (χ0n) is 8.42. The Morgan fingerprint density at radius 1 is 1.40 bits per heavy atom. The summed E-state index contributed by atoms with van der Waals surface area (Å²) in [6.07, 6.45) is 0. The molecule has 82 valence electrons. The number of rotatable bonds is 5. The van der Waals surface area contributed by atoms with Crippen molar-refractivity contribution in [1.29, 1.82) is 0 Å². The molecule has 0 spiro atoms. The molecule has 0 fully saturated rings. The lowest BCUT2D eigenvalue weighted by Crippen LogP contribution is -2.36. The van der Waals surface area contributed by atoms with E-state index in [-0.39, 0.29) is 12.5 Å². The molecule has 0 unspecified atom stereocenters. The van der Waals surface area contributed by atoms with Crippen LogP contribution < -0.4 is 10.9 Å². The van der Waals surface area contributed by atoms with Gasteiger partial charge < -0.3 is 4.74 Å². The zero-order chi connectivity index (χ0) is 11.1. The Hall–Kier alpha value is -0.910. The molecule has 1 aromatic rings. The first-order valence-corrected chi connectivity index (χ1v) is 5.29. The highest BCUT2D eigenvalue weighted by molar-refractivity contribution is 9.10. The van der Waals surface area contributed by atoms with Gasteiger partial charge in [-0.3, -0.25) is 10.2 Å². The number of carbonyl (C=O) groups excluding carboxylic acids is 1. The Balaban J connectivity index is 2.26. The van der Waals surface area contributed by atoms with Crippen LogP contribution in [0.4, 0.5) is 0 Å². The molecule has 1 aromatic carbocycles. The van der Waals surface area contributed by atoms with Gasteiger partial charge in [-0.05, 0) is 17.7 Å². The van der Waals surface area contributed by atoms with Crippen molar-refractivity contribution < 1.29 is 9.53 Å². The molecule has 0 atom stereocenters. The Labute approximate surface area is 97.1 Å². The lowest BCUT2D eigenvalue weighted by atomic mass is 10.2. The zero-order valence-corrected chi connectivity index (χ0v) is 10.0. The first-order valence-electron chi connectivity index (χ1n) is 4.50. The number of amides is 1. The third kappa shape index (κ3) is 4.92. The van der Waals surface area contributed by atoms with Crippen LogP contribution in [0.3, 0.4) is 0 Å². The number of halogens is 1. The van der Waals surface area contributed by atoms with Gasteiger partial charge in [-0.15, -0.1) is 0 Å². The van der Waals surface area contributed by atoms with Gasteiger partial charge in [-0.25, -0.2) is 5.43 Å². The molecule has 0 aliphatic carbocycles. The summed E-state index contributed by atoms with van der Waals surface area (Å²) in [6, 6.07) is 7.76. The minimum atomic E-state index is -0.186. The highest BCUT2D eigenvalue weighted by atomic mass is 79.9. The summed E-state index contributed by atoms with van der Waals surface area (Å²) >= 11 is 3.34. The van der Waals surface area contributed by atoms with E-state index in [2.05, 4.69) is 26.8 Å². The molecule has 0 saturated heterocycles. The van der Waals surface area contributed by atoms with Crippen LogP contribution in [0.2, 0.25) is 0 Å². The SMILES string of the molecule is CNNC(=O)COCc1ccc(Br)cc1. The Morgan fingerprint density at radius 2 is 2.07 bits per heavy atom. The average molecular weight is 273 g/mol. The largest absolute Gasteiger partial charge is 0.367 e. The molecule has 4 nitrogen and oxygen atoms in total. The first-order chi connectivity index (χ1) is 7.22. The van der Waals surface area contributed by atoms with Crippen LogP contribution in [-0.4, -0.2) is 19.6 Å². The van der Waals surface area contributed by atoms with Crippen molar-refractivity contribution in [3.8, 4) is 0 Å². The van der Waals surface area contributed by atoms with E-state index in [1.807, 2.05) is 24.3 Å². The maximum absolute atomic E-state index is 11.0. The van der Waals surface area contributed by atoms with E-state index >= 15 is 0 Å². The standard InChI is InChI=1S/C10H13BrN2O2/c1-12-13-10(14)7-15-6-8-2-4-9(11)5-3-8/h2-5,12H,6-7H2,1H3,(H,13,14). The molecule has 2 N–H and O–H groups in total. The molecule has 5 heteroatoms. The summed E-state index contributed by atoms with van der Waals surface area (Å²) in [5, 5.41) is 0. The van der Waals surface area contributed by atoms with Crippen LogP contribution in [0.15, 0.2) is 28.7 Å². The van der Waals surface area contributed by atoms with Crippen LogP contribution in [0.5, 0.6) is 0 Å².